The lowest BCUT2D eigenvalue weighted by Gasteiger charge is -2.14. The first-order valence-corrected chi connectivity index (χ1v) is 8.09. The van der Waals surface area contributed by atoms with Crippen molar-refractivity contribution in [1.29, 1.82) is 0 Å². The number of anilines is 1. The van der Waals surface area contributed by atoms with Crippen LogP contribution in [0.25, 0.3) is 0 Å². The zero-order valence-corrected chi connectivity index (χ0v) is 13.1. The second kappa shape index (κ2) is 7.92. The molecule has 5 nitrogen and oxygen atoms in total. The second-order valence-corrected chi connectivity index (χ2v) is 5.93. The minimum absolute atomic E-state index is 0.111. The highest BCUT2D eigenvalue weighted by atomic mass is 16.4. The van der Waals surface area contributed by atoms with Gasteiger partial charge in [0, 0.05) is 5.69 Å². The van der Waals surface area contributed by atoms with Crippen molar-refractivity contribution in [2.24, 2.45) is 5.18 Å². The van der Waals surface area contributed by atoms with Gasteiger partial charge in [-0.25, -0.2) is 0 Å². The number of unbranched alkanes of at least 4 members (excludes halogenated alkanes) is 3. The van der Waals surface area contributed by atoms with E-state index in [4.69, 9.17) is 5.11 Å². The molecule has 0 amide bonds. The minimum Gasteiger partial charge on any atom is -0.480 e. The van der Waals surface area contributed by atoms with E-state index in [1.54, 1.807) is 0 Å². The van der Waals surface area contributed by atoms with Crippen molar-refractivity contribution < 1.29 is 9.90 Å². The number of fused-ring (bicyclic) bond motifs is 1. The van der Waals surface area contributed by atoms with Gasteiger partial charge in [-0.3, -0.25) is 4.79 Å². The first-order chi connectivity index (χ1) is 10.7. The molecule has 2 rings (SSSR count). The Bertz CT molecular complexity index is 543. The summed E-state index contributed by atoms with van der Waals surface area (Å²) in [5.41, 5.74) is 4.15. The van der Waals surface area contributed by atoms with Crippen LogP contribution in [0.2, 0.25) is 0 Å². The van der Waals surface area contributed by atoms with E-state index in [1.165, 1.54) is 24.8 Å². The first kappa shape index (κ1) is 16.5. The fourth-order valence-electron chi connectivity index (χ4n) is 3.08. The molecule has 0 radical (unpaired) electrons. The van der Waals surface area contributed by atoms with E-state index in [0.717, 1.165) is 42.5 Å². The van der Waals surface area contributed by atoms with Crippen molar-refractivity contribution in [2.75, 3.05) is 11.9 Å². The number of hydrogen-bond donors (Lipinski definition) is 2. The van der Waals surface area contributed by atoms with Crippen LogP contribution in [-0.2, 0) is 17.6 Å². The quantitative estimate of drug-likeness (QED) is 0.532. The first-order valence-electron chi connectivity index (χ1n) is 8.09. The van der Waals surface area contributed by atoms with E-state index in [1.807, 2.05) is 6.07 Å². The van der Waals surface area contributed by atoms with Crippen molar-refractivity contribution in [3.63, 3.8) is 0 Å². The molecule has 0 fully saturated rings. The molecule has 0 spiro atoms. The van der Waals surface area contributed by atoms with Crippen LogP contribution in [0.4, 0.5) is 5.69 Å². The van der Waals surface area contributed by atoms with Gasteiger partial charge in [-0.1, -0.05) is 37.4 Å². The van der Waals surface area contributed by atoms with E-state index in [0.29, 0.717) is 0 Å². The maximum atomic E-state index is 10.9. The van der Waals surface area contributed by atoms with Crippen LogP contribution >= 0.6 is 0 Å². The largest absolute Gasteiger partial charge is 0.480 e. The Morgan fingerprint density at radius 1 is 1.36 bits per heavy atom. The number of rotatable bonds is 9. The van der Waals surface area contributed by atoms with Crippen molar-refractivity contribution in [3.05, 3.63) is 33.7 Å². The molecule has 1 aromatic carbocycles. The predicted molar refractivity (Wildman–Crippen MR) is 87.3 cm³/mol. The number of aryl methyl sites for hydroxylation is 2. The van der Waals surface area contributed by atoms with E-state index < -0.39 is 5.97 Å². The lowest BCUT2D eigenvalue weighted by atomic mass is 9.98. The van der Waals surface area contributed by atoms with Gasteiger partial charge in [-0.05, 0) is 48.4 Å². The molecule has 2 N–H and O–H groups in total. The molecule has 5 heteroatoms. The van der Waals surface area contributed by atoms with Gasteiger partial charge in [0.1, 0.15) is 12.6 Å². The third kappa shape index (κ3) is 4.06. The molecule has 0 heterocycles. The number of carbonyl (C=O) groups is 1. The molecule has 1 aromatic rings. The summed E-state index contributed by atoms with van der Waals surface area (Å²) < 4.78 is 0. The van der Waals surface area contributed by atoms with E-state index >= 15 is 0 Å². The third-order valence-corrected chi connectivity index (χ3v) is 4.27. The highest BCUT2D eigenvalue weighted by Gasteiger charge is 2.25. The average Bonchev–Trinajstić information content (AvgIpc) is 2.90. The third-order valence-electron chi connectivity index (χ3n) is 4.27. The number of aliphatic carboxylic acids is 1. The summed E-state index contributed by atoms with van der Waals surface area (Å²) in [7, 11) is 0. The number of carboxylic acids is 1. The Morgan fingerprint density at radius 3 is 2.86 bits per heavy atom. The Morgan fingerprint density at radius 2 is 2.18 bits per heavy atom. The molecular formula is C17H24N2O3. The molecule has 0 aromatic heterocycles. The fourth-order valence-corrected chi connectivity index (χ4v) is 3.08. The number of nitroso groups, excluding NO2 is 1. The summed E-state index contributed by atoms with van der Waals surface area (Å²) in [5.74, 6) is -0.887. The average molecular weight is 304 g/mol. The van der Waals surface area contributed by atoms with Gasteiger partial charge < -0.3 is 10.4 Å². The maximum absolute atomic E-state index is 10.9. The Kier molecular flexibility index (Phi) is 5.92. The van der Waals surface area contributed by atoms with Gasteiger partial charge in [0.15, 0.2) is 0 Å². The van der Waals surface area contributed by atoms with Crippen molar-refractivity contribution >= 4 is 11.7 Å². The Hall–Kier alpha value is -1.91. The van der Waals surface area contributed by atoms with Gasteiger partial charge in [0.2, 0.25) is 0 Å². The van der Waals surface area contributed by atoms with Crippen LogP contribution in [0.1, 0.15) is 61.8 Å². The van der Waals surface area contributed by atoms with Gasteiger partial charge in [0.05, 0.1) is 0 Å². The van der Waals surface area contributed by atoms with Crippen LogP contribution in [0.3, 0.4) is 0 Å². The summed E-state index contributed by atoms with van der Waals surface area (Å²) in [6, 6.07) is 3.79. The van der Waals surface area contributed by atoms with E-state index in [2.05, 4.69) is 23.5 Å². The summed E-state index contributed by atoms with van der Waals surface area (Å²) in [6.45, 7) is 2.07. The number of nitrogens with one attached hydrogen (secondary N) is 1. The highest BCUT2D eigenvalue weighted by molar-refractivity contribution is 5.73. The summed E-state index contributed by atoms with van der Waals surface area (Å²) in [4.78, 5) is 21.7. The number of hydrogen-bond acceptors (Lipinski definition) is 4. The van der Waals surface area contributed by atoms with Crippen LogP contribution in [0.15, 0.2) is 17.3 Å². The molecule has 0 bridgehead atoms. The fraction of sp³-hybridized carbons (Fsp3) is 0.588. The standard InChI is InChI=1S/C17H24N2O3/c1-2-3-4-5-6-13-9-12-7-8-15(19-22)14(12)10-16(13)18-11-17(20)21/h9-10,15,18H,2-8,11H2,1H3,(H,20,21). The molecule has 1 aliphatic carbocycles. The summed E-state index contributed by atoms with van der Waals surface area (Å²) >= 11 is 0. The van der Waals surface area contributed by atoms with Crippen LogP contribution in [0, 0.1) is 4.91 Å². The molecule has 0 saturated carbocycles. The van der Waals surface area contributed by atoms with Crippen LogP contribution in [-0.4, -0.2) is 17.6 Å². The van der Waals surface area contributed by atoms with Crippen LogP contribution in [0.5, 0.6) is 0 Å². The zero-order valence-electron chi connectivity index (χ0n) is 13.1. The monoisotopic (exact) mass is 304 g/mol. The van der Waals surface area contributed by atoms with Gasteiger partial charge >= 0.3 is 5.97 Å². The minimum atomic E-state index is -0.887. The second-order valence-electron chi connectivity index (χ2n) is 5.93. The molecule has 1 aliphatic rings. The van der Waals surface area contributed by atoms with E-state index in [-0.39, 0.29) is 12.6 Å². The number of carboxylic acid groups (broad SMARTS) is 1. The molecule has 0 aliphatic heterocycles. The lowest BCUT2D eigenvalue weighted by Crippen LogP contribution is -2.14. The highest BCUT2D eigenvalue weighted by Crippen LogP contribution is 2.37. The smallest absolute Gasteiger partial charge is 0.322 e. The van der Waals surface area contributed by atoms with Crippen LogP contribution < -0.4 is 5.32 Å². The molecule has 0 saturated heterocycles. The summed E-state index contributed by atoms with van der Waals surface area (Å²) in [6.07, 6.45) is 7.28. The van der Waals surface area contributed by atoms with Crippen molar-refractivity contribution in [1.82, 2.24) is 0 Å². The van der Waals surface area contributed by atoms with E-state index in [9.17, 15) is 9.70 Å². The predicted octanol–water partition coefficient (Wildman–Crippen LogP) is 4.06. The topological polar surface area (TPSA) is 78.8 Å². The van der Waals surface area contributed by atoms with Gasteiger partial charge in [0.25, 0.3) is 0 Å². The molecule has 1 atom stereocenters. The van der Waals surface area contributed by atoms with Gasteiger partial charge in [-0.15, -0.1) is 0 Å². The molecule has 120 valence electrons. The molecular weight excluding hydrogens is 280 g/mol. The Labute approximate surface area is 131 Å². The summed E-state index contributed by atoms with van der Waals surface area (Å²) in [5, 5.41) is 15.0. The zero-order chi connectivity index (χ0) is 15.9. The SMILES string of the molecule is CCCCCCc1cc2c(cc1NCC(=O)O)C(N=O)CC2. The van der Waals surface area contributed by atoms with Crippen molar-refractivity contribution in [3.8, 4) is 0 Å². The Balaban J connectivity index is 2.17. The number of benzene rings is 1. The number of nitrogens with zero attached hydrogens (tertiary/aromatic N) is 1. The lowest BCUT2D eigenvalue weighted by molar-refractivity contribution is -0.134. The molecule has 22 heavy (non-hydrogen) atoms. The maximum Gasteiger partial charge on any atom is 0.322 e. The van der Waals surface area contributed by atoms with Gasteiger partial charge in [-0.2, -0.15) is 4.91 Å². The normalized spacial score (nSPS) is 16.3. The van der Waals surface area contributed by atoms with Crippen molar-refractivity contribution in [2.45, 2.75) is 57.9 Å². The molecule has 1 unspecified atom stereocenters.